The van der Waals surface area contributed by atoms with Crippen LogP contribution < -0.4 is 15.4 Å². The molecule has 2 N–H and O–H groups in total. The summed E-state index contributed by atoms with van der Waals surface area (Å²) in [4.78, 5) is 5.06. The fourth-order valence-corrected chi connectivity index (χ4v) is 3.50. The van der Waals surface area contributed by atoms with Crippen LogP contribution in [0.5, 0.6) is 5.75 Å². The normalized spacial score (nSPS) is 12.0. The molecule has 0 fully saturated rings. The SMILES string of the molecule is CN=C(NCCc1ccc(C)c(OC)c1)NCCS(=O)c1ccccc1.I. The zero-order chi connectivity index (χ0) is 18.8. The molecule has 2 aromatic carbocycles. The average molecular weight is 501 g/mol. The largest absolute Gasteiger partial charge is 0.496 e. The van der Waals surface area contributed by atoms with Crippen LogP contribution in [0.4, 0.5) is 0 Å². The van der Waals surface area contributed by atoms with Gasteiger partial charge in [0, 0.05) is 30.8 Å². The van der Waals surface area contributed by atoms with E-state index in [-0.39, 0.29) is 24.0 Å². The number of methoxy groups -OCH3 is 1. The van der Waals surface area contributed by atoms with E-state index in [1.165, 1.54) is 5.56 Å². The third kappa shape index (κ3) is 7.88. The number of hydrogen-bond acceptors (Lipinski definition) is 3. The van der Waals surface area contributed by atoms with Gasteiger partial charge in [-0.2, -0.15) is 0 Å². The summed E-state index contributed by atoms with van der Waals surface area (Å²) in [5, 5.41) is 6.49. The molecule has 0 saturated heterocycles. The van der Waals surface area contributed by atoms with Crippen LogP contribution in [0.3, 0.4) is 0 Å². The van der Waals surface area contributed by atoms with E-state index in [4.69, 9.17) is 4.74 Å². The predicted molar refractivity (Wildman–Crippen MR) is 124 cm³/mol. The number of nitrogens with one attached hydrogen (secondary N) is 2. The molecule has 1 atom stereocenters. The van der Waals surface area contributed by atoms with Crippen LogP contribution >= 0.6 is 24.0 Å². The Hall–Kier alpha value is -1.61. The number of guanidine groups is 1. The molecular weight excluding hydrogens is 473 g/mol. The van der Waals surface area contributed by atoms with Crippen molar-refractivity contribution >= 4 is 40.7 Å². The van der Waals surface area contributed by atoms with Gasteiger partial charge in [0.1, 0.15) is 5.75 Å². The van der Waals surface area contributed by atoms with Crippen LogP contribution in [0.25, 0.3) is 0 Å². The first-order valence-electron chi connectivity index (χ1n) is 8.65. The van der Waals surface area contributed by atoms with Gasteiger partial charge in [-0.05, 0) is 42.7 Å². The van der Waals surface area contributed by atoms with Gasteiger partial charge in [-0.3, -0.25) is 9.20 Å². The highest BCUT2D eigenvalue weighted by atomic mass is 127. The van der Waals surface area contributed by atoms with Gasteiger partial charge in [0.25, 0.3) is 0 Å². The van der Waals surface area contributed by atoms with Crippen molar-refractivity contribution in [3.8, 4) is 5.75 Å². The molecule has 0 spiro atoms. The monoisotopic (exact) mass is 501 g/mol. The first-order valence-corrected chi connectivity index (χ1v) is 9.97. The summed E-state index contributed by atoms with van der Waals surface area (Å²) in [7, 11) is 2.42. The summed E-state index contributed by atoms with van der Waals surface area (Å²) in [6.07, 6.45) is 0.868. The van der Waals surface area contributed by atoms with Gasteiger partial charge < -0.3 is 15.4 Å². The molecule has 0 aliphatic rings. The highest BCUT2D eigenvalue weighted by Crippen LogP contribution is 2.18. The Kier molecular flexibility index (Phi) is 11.0. The fourth-order valence-electron chi connectivity index (χ4n) is 2.52. The lowest BCUT2D eigenvalue weighted by Gasteiger charge is -2.12. The van der Waals surface area contributed by atoms with Crippen molar-refractivity contribution in [3.63, 3.8) is 0 Å². The molecule has 7 heteroatoms. The van der Waals surface area contributed by atoms with E-state index in [1.54, 1.807) is 14.2 Å². The lowest BCUT2D eigenvalue weighted by Crippen LogP contribution is -2.40. The van der Waals surface area contributed by atoms with Gasteiger partial charge in [0.2, 0.25) is 0 Å². The van der Waals surface area contributed by atoms with Crippen molar-refractivity contribution in [1.82, 2.24) is 10.6 Å². The molecule has 2 rings (SSSR count). The lowest BCUT2D eigenvalue weighted by atomic mass is 10.1. The van der Waals surface area contributed by atoms with Crippen molar-refractivity contribution in [2.75, 3.05) is 33.0 Å². The number of nitrogens with zero attached hydrogens (tertiary/aromatic N) is 1. The number of rotatable bonds is 8. The summed E-state index contributed by atoms with van der Waals surface area (Å²) in [6.45, 7) is 3.39. The molecule has 0 bridgehead atoms. The second-order valence-corrected chi connectivity index (χ2v) is 7.41. The molecule has 0 saturated carbocycles. The van der Waals surface area contributed by atoms with Gasteiger partial charge in [-0.1, -0.05) is 30.3 Å². The van der Waals surface area contributed by atoms with Crippen LogP contribution in [0.1, 0.15) is 11.1 Å². The highest BCUT2D eigenvalue weighted by Gasteiger charge is 2.04. The summed E-state index contributed by atoms with van der Waals surface area (Å²) in [5.74, 6) is 2.17. The van der Waals surface area contributed by atoms with Crippen molar-refractivity contribution in [2.24, 2.45) is 4.99 Å². The van der Waals surface area contributed by atoms with E-state index in [0.29, 0.717) is 18.3 Å². The third-order valence-corrected chi connectivity index (χ3v) is 5.36. The lowest BCUT2D eigenvalue weighted by molar-refractivity contribution is 0.411. The van der Waals surface area contributed by atoms with Gasteiger partial charge in [-0.15, -0.1) is 24.0 Å². The second kappa shape index (κ2) is 12.7. The summed E-state index contributed by atoms with van der Waals surface area (Å²) in [5.41, 5.74) is 2.34. The fraction of sp³-hybridized carbons (Fsp3) is 0.350. The summed E-state index contributed by atoms with van der Waals surface area (Å²) < 4.78 is 17.6. The molecule has 0 heterocycles. The van der Waals surface area contributed by atoms with Crippen LogP contribution in [0, 0.1) is 6.92 Å². The van der Waals surface area contributed by atoms with E-state index in [0.717, 1.165) is 29.2 Å². The van der Waals surface area contributed by atoms with E-state index >= 15 is 0 Å². The zero-order valence-electron chi connectivity index (χ0n) is 16.0. The Balaban J connectivity index is 0.00000364. The topological polar surface area (TPSA) is 62.7 Å². The molecule has 0 aliphatic heterocycles. The van der Waals surface area contributed by atoms with Gasteiger partial charge in [0.15, 0.2) is 5.96 Å². The summed E-state index contributed by atoms with van der Waals surface area (Å²) >= 11 is 0. The molecule has 0 radical (unpaired) electrons. The molecule has 1 unspecified atom stereocenters. The minimum Gasteiger partial charge on any atom is -0.496 e. The van der Waals surface area contributed by atoms with E-state index in [2.05, 4.69) is 33.8 Å². The predicted octanol–water partition coefficient (Wildman–Crippen LogP) is 3.14. The number of ether oxygens (including phenoxy) is 1. The van der Waals surface area contributed by atoms with Crippen LogP contribution in [-0.2, 0) is 17.2 Å². The average Bonchev–Trinajstić information content (AvgIpc) is 2.68. The van der Waals surface area contributed by atoms with Crippen molar-refractivity contribution in [1.29, 1.82) is 0 Å². The standard InChI is InChI=1S/C20H27N3O2S.HI/c1-16-9-10-17(15-19(16)25-3)11-12-22-20(21-2)23-13-14-26(24)18-7-5-4-6-8-18;/h4-10,15H,11-14H2,1-3H3,(H2,21,22,23);1H. The van der Waals surface area contributed by atoms with Gasteiger partial charge in [0.05, 0.1) is 17.9 Å². The summed E-state index contributed by atoms with van der Waals surface area (Å²) in [6, 6.07) is 15.8. The molecule has 0 aromatic heterocycles. The first-order chi connectivity index (χ1) is 12.6. The first kappa shape index (κ1) is 23.4. The van der Waals surface area contributed by atoms with Crippen molar-refractivity contribution in [3.05, 3.63) is 59.7 Å². The maximum absolute atomic E-state index is 12.2. The van der Waals surface area contributed by atoms with Crippen LogP contribution in [0.15, 0.2) is 58.4 Å². The van der Waals surface area contributed by atoms with E-state index in [9.17, 15) is 4.21 Å². The Labute approximate surface area is 181 Å². The number of aryl methyl sites for hydroxylation is 1. The van der Waals surface area contributed by atoms with Crippen LogP contribution in [-0.4, -0.2) is 43.2 Å². The smallest absolute Gasteiger partial charge is 0.191 e. The zero-order valence-corrected chi connectivity index (χ0v) is 19.2. The minimum atomic E-state index is -1.00. The third-order valence-electron chi connectivity index (χ3n) is 3.99. The van der Waals surface area contributed by atoms with Crippen molar-refractivity contribution < 1.29 is 8.95 Å². The van der Waals surface area contributed by atoms with E-state index in [1.807, 2.05) is 37.3 Å². The number of hydrogen-bond donors (Lipinski definition) is 2. The maximum atomic E-state index is 12.2. The number of halogens is 1. The second-order valence-electron chi connectivity index (χ2n) is 5.84. The highest BCUT2D eigenvalue weighted by molar-refractivity contribution is 14.0. The molecule has 2 aromatic rings. The number of aliphatic imine (C=N–C) groups is 1. The molecule has 5 nitrogen and oxygen atoms in total. The Morgan fingerprint density at radius 1 is 1.11 bits per heavy atom. The molecular formula is C20H28IN3O2S. The maximum Gasteiger partial charge on any atom is 0.191 e. The Morgan fingerprint density at radius 2 is 1.81 bits per heavy atom. The van der Waals surface area contributed by atoms with Crippen LogP contribution in [0.2, 0.25) is 0 Å². The van der Waals surface area contributed by atoms with E-state index < -0.39 is 10.8 Å². The Morgan fingerprint density at radius 3 is 2.48 bits per heavy atom. The molecule has 0 amide bonds. The molecule has 148 valence electrons. The minimum absolute atomic E-state index is 0. The Bertz CT molecular complexity index is 754. The molecule has 0 aliphatic carbocycles. The van der Waals surface area contributed by atoms with Crippen molar-refractivity contribution in [2.45, 2.75) is 18.2 Å². The molecule has 27 heavy (non-hydrogen) atoms. The van der Waals surface area contributed by atoms with Gasteiger partial charge in [-0.25, -0.2) is 0 Å². The van der Waals surface area contributed by atoms with Gasteiger partial charge >= 0.3 is 0 Å². The quantitative estimate of drug-likeness (QED) is 0.332. The number of benzene rings is 2.